The van der Waals surface area contributed by atoms with Crippen molar-refractivity contribution in [2.75, 3.05) is 0 Å². The normalized spacial score (nSPS) is 15.5. The second-order valence-electron chi connectivity index (χ2n) is 3.26. The maximum atomic E-state index is 12.8. The lowest BCUT2D eigenvalue weighted by Gasteiger charge is -2.21. The molecule has 0 amide bonds. The first kappa shape index (κ1) is 10.1. The van der Waals surface area contributed by atoms with Gasteiger partial charge >= 0.3 is 0 Å². The highest BCUT2D eigenvalue weighted by molar-refractivity contribution is 5.23. The maximum Gasteiger partial charge on any atom is 0.159 e. The summed E-state index contributed by atoms with van der Waals surface area (Å²) in [6, 6.07) is 3.44. The van der Waals surface area contributed by atoms with Gasteiger partial charge in [-0.3, -0.25) is 0 Å². The first-order chi connectivity index (χ1) is 5.97. The molecule has 0 aliphatic carbocycles. The Hall–Kier alpha value is -0.960. The molecule has 1 nitrogen and oxygen atoms in total. The average Bonchev–Trinajstić information content (AvgIpc) is 2.09. The van der Waals surface area contributed by atoms with E-state index in [0.29, 0.717) is 12.0 Å². The Kier molecular flexibility index (Phi) is 2.66. The molecule has 1 rings (SSSR count). The summed E-state index contributed by atoms with van der Waals surface area (Å²) in [5, 5.41) is 9.72. The Labute approximate surface area is 76.0 Å². The van der Waals surface area contributed by atoms with Crippen molar-refractivity contribution in [2.24, 2.45) is 0 Å². The van der Waals surface area contributed by atoms with Crippen LogP contribution in [0.5, 0.6) is 0 Å². The summed E-state index contributed by atoms with van der Waals surface area (Å²) in [4.78, 5) is 0. The summed E-state index contributed by atoms with van der Waals surface area (Å²) in [5.74, 6) is -1.82. The van der Waals surface area contributed by atoms with Crippen LogP contribution in [0.15, 0.2) is 18.2 Å². The number of benzene rings is 1. The molecular weight excluding hydrogens is 174 g/mol. The fraction of sp³-hybridized carbons (Fsp3) is 0.400. The molecule has 1 N–H and O–H groups in total. The van der Waals surface area contributed by atoms with E-state index in [0.717, 1.165) is 12.1 Å². The molecule has 0 aliphatic rings. The van der Waals surface area contributed by atoms with E-state index >= 15 is 0 Å². The smallest absolute Gasteiger partial charge is 0.159 e. The Morgan fingerprint density at radius 3 is 2.38 bits per heavy atom. The van der Waals surface area contributed by atoms with Gasteiger partial charge in [0.15, 0.2) is 11.6 Å². The quantitative estimate of drug-likeness (QED) is 0.752. The van der Waals surface area contributed by atoms with Crippen LogP contribution < -0.4 is 0 Å². The van der Waals surface area contributed by atoms with Gasteiger partial charge in [-0.05, 0) is 31.0 Å². The van der Waals surface area contributed by atoms with E-state index in [2.05, 4.69) is 0 Å². The molecule has 1 aromatic rings. The second kappa shape index (κ2) is 3.42. The molecule has 0 fully saturated rings. The van der Waals surface area contributed by atoms with Gasteiger partial charge in [0.25, 0.3) is 0 Å². The Bertz CT molecular complexity index is 308. The van der Waals surface area contributed by atoms with Gasteiger partial charge in [0.1, 0.15) is 0 Å². The summed E-state index contributed by atoms with van der Waals surface area (Å²) in [6.45, 7) is 3.35. The fourth-order valence-corrected chi connectivity index (χ4v) is 1.04. The Balaban J connectivity index is 3.10. The molecular formula is C10H12F2O. The first-order valence-corrected chi connectivity index (χ1v) is 4.15. The number of hydrogen-bond donors (Lipinski definition) is 1. The predicted molar refractivity (Wildman–Crippen MR) is 46.2 cm³/mol. The highest BCUT2D eigenvalue weighted by atomic mass is 19.2. The number of halogens is 2. The third kappa shape index (κ3) is 2.04. The van der Waals surface area contributed by atoms with Gasteiger partial charge in [-0.1, -0.05) is 13.0 Å². The van der Waals surface area contributed by atoms with Gasteiger partial charge < -0.3 is 5.11 Å². The zero-order chi connectivity index (χ0) is 10.1. The van der Waals surface area contributed by atoms with Crippen LogP contribution >= 0.6 is 0 Å². The van der Waals surface area contributed by atoms with Crippen LogP contribution in [0.25, 0.3) is 0 Å². The maximum absolute atomic E-state index is 12.8. The van der Waals surface area contributed by atoms with Gasteiger partial charge in [0.05, 0.1) is 5.60 Å². The molecule has 0 heterocycles. The first-order valence-electron chi connectivity index (χ1n) is 4.15. The largest absolute Gasteiger partial charge is 0.385 e. The third-order valence-electron chi connectivity index (χ3n) is 2.23. The lowest BCUT2D eigenvalue weighted by Crippen LogP contribution is -2.19. The van der Waals surface area contributed by atoms with Crippen LogP contribution in [0, 0.1) is 11.6 Å². The zero-order valence-electron chi connectivity index (χ0n) is 7.64. The van der Waals surface area contributed by atoms with Crippen molar-refractivity contribution in [3.05, 3.63) is 35.4 Å². The number of rotatable bonds is 2. The molecule has 1 aromatic carbocycles. The lowest BCUT2D eigenvalue weighted by atomic mass is 9.93. The topological polar surface area (TPSA) is 20.2 Å². The van der Waals surface area contributed by atoms with Crippen molar-refractivity contribution in [2.45, 2.75) is 25.9 Å². The summed E-state index contributed by atoms with van der Waals surface area (Å²) in [5.41, 5.74) is -0.692. The van der Waals surface area contributed by atoms with Crippen molar-refractivity contribution >= 4 is 0 Å². The molecule has 0 saturated heterocycles. The SMILES string of the molecule is CCC(C)(O)c1ccc(F)c(F)c1. The fourth-order valence-electron chi connectivity index (χ4n) is 1.04. The summed E-state index contributed by atoms with van der Waals surface area (Å²) < 4.78 is 25.3. The minimum absolute atomic E-state index is 0.397. The second-order valence-corrected chi connectivity index (χ2v) is 3.26. The van der Waals surface area contributed by atoms with Gasteiger partial charge in [-0.2, -0.15) is 0 Å². The molecule has 0 bridgehead atoms. The molecule has 13 heavy (non-hydrogen) atoms. The van der Waals surface area contributed by atoms with Crippen LogP contribution in [0.3, 0.4) is 0 Å². The number of hydrogen-bond acceptors (Lipinski definition) is 1. The van der Waals surface area contributed by atoms with Crippen LogP contribution in [0.4, 0.5) is 8.78 Å². The van der Waals surface area contributed by atoms with E-state index in [1.807, 2.05) is 0 Å². The molecule has 3 heteroatoms. The zero-order valence-corrected chi connectivity index (χ0v) is 7.64. The highest BCUT2D eigenvalue weighted by Gasteiger charge is 2.21. The van der Waals surface area contributed by atoms with Crippen molar-refractivity contribution in [1.82, 2.24) is 0 Å². The van der Waals surface area contributed by atoms with Crippen LogP contribution in [0.2, 0.25) is 0 Å². The highest BCUT2D eigenvalue weighted by Crippen LogP contribution is 2.25. The van der Waals surface area contributed by atoms with Crippen molar-refractivity contribution in [3.63, 3.8) is 0 Å². The Morgan fingerprint density at radius 2 is 1.92 bits per heavy atom. The molecule has 1 unspecified atom stereocenters. The summed E-state index contributed by atoms with van der Waals surface area (Å²) in [6.07, 6.45) is 0.456. The molecule has 0 spiro atoms. The van der Waals surface area contributed by atoms with Crippen molar-refractivity contribution < 1.29 is 13.9 Å². The minimum atomic E-state index is -1.09. The van der Waals surface area contributed by atoms with Crippen LogP contribution in [-0.4, -0.2) is 5.11 Å². The molecule has 72 valence electrons. The molecule has 0 aromatic heterocycles. The lowest BCUT2D eigenvalue weighted by molar-refractivity contribution is 0.0526. The van der Waals surface area contributed by atoms with Gasteiger partial charge in [-0.25, -0.2) is 8.78 Å². The van der Waals surface area contributed by atoms with Gasteiger partial charge in [0, 0.05) is 0 Å². The minimum Gasteiger partial charge on any atom is -0.385 e. The molecule has 0 radical (unpaired) electrons. The van der Waals surface area contributed by atoms with Crippen LogP contribution in [0.1, 0.15) is 25.8 Å². The standard InChI is InChI=1S/C10H12F2O/c1-3-10(2,13)7-4-5-8(11)9(12)6-7/h4-6,13H,3H2,1-2H3. The Morgan fingerprint density at radius 1 is 1.31 bits per heavy atom. The van der Waals surface area contributed by atoms with E-state index in [1.54, 1.807) is 13.8 Å². The monoisotopic (exact) mass is 186 g/mol. The van der Waals surface area contributed by atoms with E-state index < -0.39 is 17.2 Å². The number of aliphatic hydroxyl groups is 1. The van der Waals surface area contributed by atoms with E-state index in [1.165, 1.54) is 6.07 Å². The van der Waals surface area contributed by atoms with E-state index in [9.17, 15) is 13.9 Å². The third-order valence-corrected chi connectivity index (χ3v) is 2.23. The predicted octanol–water partition coefficient (Wildman–Crippen LogP) is 2.58. The van der Waals surface area contributed by atoms with E-state index in [-0.39, 0.29) is 0 Å². The molecule has 0 saturated carbocycles. The van der Waals surface area contributed by atoms with Gasteiger partial charge in [0.2, 0.25) is 0 Å². The summed E-state index contributed by atoms with van der Waals surface area (Å²) >= 11 is 0. The molecule has 1 atom stereocenters. The average molecular weight is 186 g/mol. The van der Waals surface area contributed by atoms with Crippen molar-refractivity contribution in [1.29, 1.82) is 0 Å². The summed E-state index contributed by atoms with van der Waals surface area (Å²) in [7, 11) is 0. The van der Waals surface area contributed by atoms with Crippen molar-refractivity contribution in [3.8, 4) is 0 Å². The van der Waals surface area contributed by atoms with Gasteiger partial charge in [-0.15, -0.1) is 0 Å². The molecule has 0 aliphatic heterocycles. The van der Waals surface area contributed by atoms with Crippen LogP contribution in [-0.2, 0) is 5.60 Å². The van der Waals surface area contributed by atoms with E-state index in [4.69, 9.17) is 0 Å².